The van der Waals surface area contributed by atoms with E-state index in [2.05, 4.69) is 30.7 Å². The van der Waals surface area contributed by atoms with Crippen LogP contribution >= 0.6 is 0 Å². The van der Waals surface area contributed by atoms with Crippen molar-refractivity contribution >= 4 is 11.6 Å². The fourth-order valence-corrected chi connectivity index (χ4v) is 3.07. The Bertz CT molecular complexity index is 1190. The van der Waals surface area contributed by atoms with Crippen molar-refractivity contribution in [3.63, 3.8) is 0 Å². The first-order valence-corrected chi connectivity index (χ1v) is 9.61. The number of alkyl halides is 3. The zero-order valence-electron chi connectivity index (χ0n) is 16.9. The molecular formula is C20H19F3N8O. The van der Waals surface area contributed by atoms with Crippen LogP contribution in [-0.4, -0.2) is 46.0 Å². The van der Waals surface area contributed by atoms with Crippen LogP contribution in [0.3, 0.4) is 0 Å². The van der Waals surface area contributed by atoms with Gasteiger partial charge in [0, 0.05) is 18.6 Å². The zero-order valence-corrected chi connectivity index (χ0v) is 16.9. The molecule has 4 heterocycles. The topological polar surface area (TPSA) is 107 Å². The van der Waals surface area contributed by atoms with Gasteiger partial charge in [0.25, 0.3) is 0 Å². The Hall–Kier alpha value is -3.80. The maximum atomic E-state index is 12.9. The molecule has 12 heteroatoms. The molecule has 0 bridgehead atoms. The molecule has 0 fully saturated rings. The third-order valence-electron chi connectivity index (χ3n) is 4.47. The fourth-order valence-electron chi connectivity index (χ4n) is 3.07. The summed E-state index contributed by atoms with van der Waals surface area (Å²) in [5.74, 6) is 0.342. The molecule has 4 aromatic rings. The lowest BCUT2D eigenvalue weighted by Crippen LogP contribution is -2.22. The van der Waals surface area contributed by atoms with Gasteiger partial charge in [-0.15, -0.1) is 5.10 Å². The Balaban J connectivity index is 1.50. The summed E-state index contributed by atoms with van der Waals surface area (Å²) in [6.07, 6.45) is 0.914. The number of anilines is 2. The van der Waals surface area contributed by atoms with Crippen LogP contribution in [0.4, 0.5) is 24.8 Å². The van der Waals surface area contributed by atoms with E-state index >= 15 is 0 Å². The minimum Gasteiger partial charge on any atom is -0.389 e. The first-order valence-electron chi connectivity index (χ1n) is 9.61. The molecule has 4 rings (SSSR count). The van der Waals surface area contributed by atoms with Gasteiger partial charge in [0.15, 0.2) is 0 Å². The molecule has 4 aromatic heterocycles. The molecule has 0 aromatic carbocycles. The molecule has 0 aliphatic carbocycles. The predicted octanol–water partition coefficient (Wildman–Crippen LogP) is 3.06. The molecule has 2 N–H and O–H groups in total. The average molecular weight is 444 g/mol. The monoisotopic (exact) mass is 444 g/mol. The van der Waals surface area contributed by atoms with E-state index in [1.54, 1.807) is 41.5 Å². The van der Waals surface area contributed by atoms with E-state index in [4.69, 9.17) is 0 Å². The van der Waals surface area contributed by atoms with Crippen LogP contribution in [0.5, 0.6) is 0 Å². The van der Waals surface area contributed by atoms with Gasteiger partial charge < -0.3 is 10.4 Å². The van der Waals surface area contributed by atoms with Gasteiger partial charge in [-0.2, -0.15) is 18.3 Å². The molecular weight excluding hydrogens is 425 g/mol. The summed E-state index contributed by atoms with van der Waals surface area (Å²) in [6.45, 7) is 2.34. The smallest absolute Gasteiger partial charge is 0.389 e. The van der Waals surface area contributed by atoms with Gasteiger partial charge in [-0.05, 0) is 42.8 Å². The largest absolute Gasteiger partial charge is 0.416 e. The van der Waals surface area contributed by atoms with Crippen LogP contribution in [0.2, 0.25) is 0 Å². The van der Waals surface area contributed by atoms with E-state index in [-0.39, 0.29) is 12.4 Å². The zero-order chi connectivity index (χ0) is 22.7. The second-order valence-electron chi connectivity index (χ2n) is 7.18. The van der Waals surface area contributed by atoms with E-state index in [0.29, 0.717) is 23.8 Å². The van der Waals surface area contributed by atoms with Gasteiger partial charge in [-0.1, -0.05) is 5.21 Å². The molecule has 0 saturated heterocycles. The highest BCUT2D eigenvalue weighted by Gasteiger charge is 2.30. The Morgan fingerprint density at radius 1 is 1.06 bits per heavy atom. The van der Waals surface area contributed by atoms with E-state index in [9.17, 15) is 18.3 Å². The molecule has 0 amide bonds. The van der Waals surface area contributed by atoms with Gasteiger partial charge in [-0.3, -0.25) is 4.68 Å². The van der Waals surface area contributed by atoms with E-state index < -0.39 is 17.8 Å². The average Bonchev–Trinajstić information content (AvgIpc) is 3.39. The number of rotatable bonds is 7. The van der Waals surface area contributed by atoms with Crippen LogP contribution < -0.4 is 5.32 Å². The summed E-state index contributed by atoms with van der Waals surface area (Å²) in [7, 11) is 0. The van der Waals surface area contributed by atoms with Gasteiger partial charge in [0.2, 0.25) is 0 Å². The maximum Gasteiger partial charge on any atom is 0.416 e. The van der Waals surface area contributed by atoms with Crippen LogP contribution in [0.25, 0.3) is 11.4 Å². The Labute approximate surface area is 180 Å². The summed E-state index contributed by atoms with van der Waals surface area (Å²) in [5, 5.41) is 25.2. The molecule has 0 saturated carbocycles. The highest BCUT2D eigenvalue weighted by atomic mass is 19.4. The molecule has 1 atom stereocenters. The SMILES string of the molecule is Cc1cc(Nc2cc(C(F)(F)F)ccn2)nc(-c2cn(CC(O)Cn3cccn3)nn2)c1. The number of aromatic nitrogens is 7. The molecule has 32 heavy (non-hydrogen) atoms. The Morgan fingerprint density at radius 3 is 2.62 bits per heavy atom. The van der Waals surface area contributed by atoms with Crippen LogP contribution in [0.15, 0.2) is 55.1 Å². The van der Waals surface area contributed by atoms with Gasteiger partial charge in [0.1, 0.15) is 17.3 Å². The first-order chi connectivity index (χ1) is 15.3. The summed E-state index contributed by atoms with van der Waals surface area (Å²) in [5.41, 5.74) is 0.949. The van der Waals surface area contributed by atoms with Crippen molar-refractivity contribution in [1.29, 1.82) is 0 Å². The van der Waals surface area contributed by atoms with Crippen molar-refractivity contribution in [1.82, 2.24) is 34.7 Å². The molecule has 0 aliphatic rings. The van der Waals surface area contributed by atoms with Crippen LogP contribution in [-0.2, 0) is 19.3 Å². The lowest BCUT2D eigenvalue weighted by atomic mass is 10.2. The van der Waals surface area contributed by atoms with E-state index in [0.717, 1.165) is 23.9 Å². The Kier molecular flexibility index (Phi) is 5.86. The summed E-state index contributed by atoms with van der Waals surface area (Å²) >= 11 is 0. The quantitative estimate of drug-likeness (QED) is 0.451. The van der Waals surface area contributed by atoms with Gasteiger partial charge >= 0.3 is 6.18 Å². The lowest BCUT2D eigenvalue weighted by molar-refractivity contribution is -0.137. The van der Waals surface area contributed by atoms with Crippen molar-refractivity contribution < 1.29 is 18.3 Å². The van der Waals surface area contributed by atoms with Crippen LogP contribution in [0.1, 0.15) is 11.1 Å². The van der Waals surface area contributed by atoms with Crippen LogP contribution in [0, 0.1) is 6.92 Å². The van der Waals surface area contributed by atoms with Crippen molar-refractivity contribution in [2.45, 2.75) is 32.3 Å². The summed E-state index contributed by atoms with van der Waals surface area (Å²) in [4.78, 5) is 8.35. The highest BCUT2D eigenvalue weighted by molar-refractivity contribution is 5.61. The number of halogens is 3. The molecule has 0 aliphatic heterocycles. The maximum absolute atomic E-state index is 12.9. The minimum absolute atomic E-state index is 0.0225. The number of nitrogens with one attached hydrogen (secondary N) is 1. The molecule has 9 nitrogen and oxygen atoms in total. The Morgan fingerprint density at radius 2 is 1.88 bits per heavy atom. The van der Waals surface area contributed by atoms with Crippen molar-refractivity contribution in [3.8, 4) is 11.4 Å². The number of aliphatic hydroxyl groups is 1. The minimum atomic E-state index is -4.47. The van der Waals surface area contributed by atoms with E-state index in [1.807, 2.05) is 6.92 Å². The second-order valence-corrected chi connectivity index (χ2v) is 7.18. The van der Waals surface area contributed by atoms with E-state index in [1.165, 1.54) is 4.68 Å². The predicted molar refractivity (Wildman–Crippen MR) is 109 cm³/mol. The standard InChI is InChI=1S/C20H19F3N8O/c1-13-7-16(17-12-31(29-28-17)11-15(32)10-30-6-2-4-25-30)26-19(8-13)27-18-9-14(3-5-24-18)20(21,22)23/h2-9,12,15,32H,10-11H2,1H3,(H,24,26,27). The molecule has 0 spiro atoms. The summed E-state index contributed by atoms with van der Waals surface area (Å²) in [6, 6.07) is 7.05. The highest BCUT2D eigenvalue weighted by Crippen LogP contribution is 2.30. The van der Waals surface area contributed by atoms with Gasteiger partial charge in [0.05, 0.1) is 36.6 Å². The number of aliphatic hydroxyl groups excluding tert-OH is 1. The normalized spacial score (nSPS) is 12.7. The fraction of sp³-hybridized carbons (Fsp3) is 0.250. The number of hydrogen-bond donors (Lipinski definition) is 2. The van der Waals surface area contributed by atoms with Gasteiger partial charge in [-0.25, -0.2) is 14.6 Å². The number of hydrogen-bond acceptors (Lipinski definition) is 7. The van der Waals surface area contributed by atoms with Crippen molar-refractivity contribution in [2.24, 2.45) is 0 Å². The van der Waals surface area contributed by atoms with Crippen molar-refractivity contribution in [3.05, 3.63) is 66.2 Å². The molecule has 166 valence electrons. The number of nitrogens with zero attached hydrogens (tertiary/aromatic N) is 7. The number of pyridine rings is 2. The third-order valence-corrected chi connectivity index (χ3v) is 4.47. The number of aryl methyl sites for hydroxylation is 1. The molecule has 1 unspecified atom stereocenters. The third kappa shape index (κ3) is 5.27. The summed E-state index contributed by atoms with van der Waals surface area (Å²) < 4.78 is 41.9. The van der Waals surface area contributed by atoms with Crippen molar-refractivity contribution in [2.75, 3.05) is 5.32 Å². The first kappa shape index (κ1) is 21.4. The molecule has 0 radical (unpaired) electrons. The second kappa shape index (κ2) is 8.75. The lowest BCUT2D eigenvalue weighted by Gasteiger charge is -2.10.